The maximum Gasteiger partial charge on any atom is 0.419 e. The van der Waals surface area contributed by atoms with Crippen molar-refractivity contribution in [3.05, 3.63) is 28.8 Å². The molecule has 1 fully saturated rings. The Morgan fingerprint density at radius 3 is 2.67 bits per heavy atom. The molecule has 1 heterocycles. The van der Waals surface area contributed by atoms with Gasteiger partial charge in [0.2, 0.25) is 0 Å². The molecule has 1 aliphatic heterocycles. The van der Waals surface area contributed by atoms with Crippen LogP contribution in [-0.4, -0.2) is 47.9 Å². The van der Waals surface area contributed by atoms with Crippen LogP contribution in [0.15, 0.2) is 18.2 Å². The fourth-order valence-electron chi connectivity index (χ4n) is 2.22. The van der Waals surface area contributed by atoms with Gasteiger partial charge in [-0.1, -0.05) is 11.6 Å². The molecule has 0 bridgehead atoms. The van der Waals surface area contributed by atoms with Crippen LogP contribution in [0.5, 0.6) is 5.75 Å². The number of β-amino-alcohol motifs (C(OH)–C–C–N with tert-alkyl or cyclic N) is 1. The zero-order valence-corrected chi connectivity index (χ0v) is 11.8. The fraction of sp³-hybridized carbons (Fsp3) is 0.462. The van der Waals surface area contributed by atoms with Crippen LogP contribution in [0.25, 0.3) is 0 Å². The van der Waals surface area contributed by atoms with E-state index in [0.29, 0.717) is 0 Å². The van der Waals surface area contributed by atoms with Gasteiger partial charge >= 0.3 is 6.18 Å². The minimum Gasteiger partial charge on any atom is -0.496 e. The van der Waals surface area contributed by atoms with E-state index in [2.05, 4.69) is 0 Å². The number of benzene rings is 1. The lowest BCUT2D eigenvalue weighted by Gasteiger charge is -2.26. The Kier molecular flexibility index (Phi) is 4.08. The summed E-state index contributed by atoms with van der Waals surface area (Å²) in [6.07, 6.45) is -5.33. The van der Waals surface area contributed by atoms with Gasteiger partial charge in [0.1, 0.15) is 5.75 Å². The SMILES string of the molecule is COc1ccc(Cl)cc1C(=O)N1CCC(O)(C(F)(F)F)C1. The first-order valence-electron chi connectivity index (χ1n) is 6.10. The quantitative estimate of drug-likeness (QED) is 0.909. The number of ether oxygens (including phenoxy) is 1. The molecule has 1 amide bonds. The van der Waals surface area contributed by atoms with Crippen LogP contribution in [0.4, 0.5) is 13.2 Å². The molecule has 1 saturated heterocycles. The Bertz CT molecular complexity index is 564. The predicted molar refractivity (Wildman–Crippen MR) is 69.5 cm³/mol. The molecule has 1 aliphatic rings. The third-order valence-corrected chi connectivity index (χ3v) is 3.69. The maximum absolute atomic E-state index is 12.8. The lowest BCUT2D eigenvalue weighted by Crippen LogP contribution is -2.48. The average Bonchev–Trinajstić information content (AvgIpc) is 2.81. The first kappa shape index (κ1) is 15.9. The molecule has 0 aliphatic carbocycles. The maximum atomic E-state index is 12.8. The first-order chi connectivity index (χ1) is 9.68. The number of likely N-dealkylation sites (tertiary alicyclic amines) is 1. The minimum absolute atomic E-state index is 0.0661. The van der Waals surface area contributed by atoms with Crippen molar-refractivity contribution in [1.82, 2.24) is 4.90 Å². The van der Waals surface area contributed by atoms with Crippen molar-refractivity contribution in [2.24, 2.45) is 0 Å². The summed E-state index contributed by atoms with van der Waals surface area (Å²) >= 11 is 5.80. The van der Waals surface area contributed by atoms with Gasteiger partial charge < -0.3 is 14.7 Å². The molecule has 1 N–H and O–H groups in total. The van der Waals surface area contributed by atoms with Gasteiger partial charge in [-0.15, -0.1) is 0 Å². The number of hydrogen-bond donors (Lipinski definition) is 1. The monoisotopic (exact) mass is 323 g/mol. The van der Waals surface area contributed by atoms with E-state index >= 15 is 0 Å². The van der Waals surface area contributed by atoms with Crippen LogP contribution in [-0.2, 0) is 0 Å². The van der Waals surface area contributed by atoms with E-state index in [-0.39, 0.29) is 22.9 Å². The van der Waals surface area contributed by atoms with Crippen molar-refractivity contribution >= 4 is 17.5 Å². The second-order valence-corrected chi connectivity index (χ2v) is 5.29. The van der Waals surface area contributed by atoms with Gasteiger partial charge in [-0.05, 0) is 18.2 Å². The summed E-state index contributed by atoms with van der Waals surface area (Å²) in [5.41, 5.74) is -2.80. The molecular weight excluding hydrogens is 311 g/mol. The van der Waals surface area contributed by atoms with Crippen molar-refractivity contribution in [3.8, 4) is 5.75 Å². The second-order valence-electron chi connectivity index (χ2n) is 4.85. The Balaban J connectivity index is 2.25. The highest BCUT2D eigenvalue weighted by atomic mass is 35.5. The topological polar surface area (TPSA) is 49.8 Å². The fourth-order valence-corrected chi connectivity index (χ4v) is 2.39. The highest BCUT2D eigenvalue weighted by Crippen LogP contribution is 2.38. The van der Waals surface area contributed by atoms with Crippen molar-refractivity contribution < 1.29 is 27.8 Å². The van der Waals surface area contributed by atoms with E-state index in [9.17, 15) is 23.1 Å². The predicted octanol–water partition coefficient (Wildman–Crippen LogP) is 2.49. The Morgan fingerprint density at radius 2 is 2.14 bits per heavy atom. The van der Waals surface area contributed by atoms with Crippen LogP contribution in [0, 0.1) is 0 Å². The standard InChI is InChI=1S/C13H13ClF3NO3/c1-21-10-3-2-8(14)6-9(10)11(19)18-5-4-12(20,7-18)13(15,16)17/h2-3,6,20H,4-5,7H2,1H3. The smallest absolute Gasteiger partial charge is 0.419 e. The van der Waals surface area contributed by atoms with Gasteiger partial charge in [-0.25, -0.2) is 0 Å². The van der Waals surface area contributed by atoms with Crippen molar-refractivity contribution in [1.29, 1.82) is 0 Å². The van der Waals surface area contributed by atoms with E-state index in [1.807, 2.05) is 0 Å². The zero-order valence-electron chi connectivity index (χ0n) is 11.1. The Morgan fingerprint density at radius 1 is 1.48 bits per heavy atom. The Labute approximate surface area is 124 Å². The van der Waals surface area contributed by atoms with Crippen molar-refractivity contribution in [2.45, 2.75) is 18.2 Å². The van der Waals surface area contributed by atoms with E-state index in [0.717, 1.165) is 4.90 Å². The lowest BCUT2D eigenvalue weighted by molar-refractivity contribution is -0.253. The molecule has 2 rings (SSSR count). The molecule has 0 aromatic heterocycles. The number of nitrogens with zero attached hydrogens (tertiary/aromatic N) is 1. The zero-order chi connectivity index (χ0) is 15.8. The van der Waals surface area contributed by atoms with Crippen LogP contribution in [0.3, 0.4) is 0 Å². The second kappa shape index (κ2) is 5.38. The van der Waals surface area contributed by atoms with Gasteiger partial charge in [0.05, 0.1) is 19.2 Å². The molecule has 1 aromatic rings. The van der Waals surface area contributed by atoms with E-state index in [1.54, 1.807) is 0 Å². The van der Waals surface area contributed by atoms with Crippen LogP contribution >= 0.6 is 11.6 Å². The molecule has 8 heteroatoms. The number of aliphatic hydroxyl groups is 1. The van der Waals surface area contributed by atoms with E-state index in [1.165, 1.54) is 25.3 Å². The van der Waals surface area contributed by atoms with Gasteiger partial charge in [-0.2, -0.15) is 13.2 Å². The summed E-state index contributed by atoms with van der Waals surface area (Å²) in [5, 5.41) is 9.87. The molecule has 0 saturated carbocycles. The van der Waals surface area contributed by atoms with E-state index < -0.39 is 30.7 Å². The summed E-state index contributed by atoms with van der Waals surface area (Å²) in [4.78, 5) is 13.2. The third-order valence-electron chi connectivity index (χ3n) is 3.45. The molecule has 0 spiro atoms. The summed E-state index contributed by atoms with van der Waals surface area (Å²) in [7, 11) is 1.34. The highest BCUT2D eigenvalue weighted by molar-refractivity contribution is 6.31. The van der Waals surface area contributed by atoms with E-state index in [4.69, 9.17) is 16.3 Å². The first-order valence-corrected chi connectivity index (χ1v) is 6.48. The summed E-state index contributed by atoms with van der Waals surface area (Å²) in [6.45, 7) is -0.991. The normalized spacial score (nSPS) is 22.5. The molecule has 1 aromatic carbocycles. The number of hydrogen-bond acceptors (Lipinski definition) is 3. The number of carbonyl (C=O) groups is 1. The van der Waals surface area contributed by atoms with Gasteiger partial charge in [0.25, 0.3) is 5.91 Å². The largest absolute Gasteiger partial charge is 0.496 e. The Hall–Kier alpha value is -1.47. The summed E-state index contributed by atoms with van der Waals surface area (Å²) in [6, 6.07) is 4.29. The van der Waals surface area contributed by atoms with Crippen LogP contribution in [0.1, 0.15) is 16.8 Å². The molecule has 4 nitrogen and oxygen atoms in total. The molecule has 1 unspecified atom stereocenters. The number of alkyl halides is 3. The molecule has 0 radical (unpaired) electrons. The van der Waals surface area contributed by atoms with Crippen LogP contribution < -0.4 is 4.74 Å². The third kappa shape index (κ3) is 2.94. The van der Waals surface area contributed by atoms with Gasteiger partial charge in [0, 0.05) is 18.0 Å². The summed E-state index contributed by atoms with van der Waals surface area (Å²) < 4.78 is 43.3. The molecule has 116 valence electrons. The molecular formula is C13H13ClF3NO3. The summed E-state index contributed by atoms with van der Waals surface area (Å²) in [5.74, 6) is -0.443. The van der Waals surface area contributed by atoms with Crippen molar-refractivity contribution in [3.63, 3.8) is 0 Å². The number of carbonyl (C=O) groups excluding carboxylic acids is 1. The van der Waals surface area contributed by atoms with Gasteiger partial charge in [-0.3, -0.25) is 4.79 Å². The number of amides is 1. The number of methoxy groups -OCH3 is 1. The minimum atomic E-state index is -4.78. The lowest BCUT2D eigenvalue weighted by atomic mass is 10.0. The van der Waals surface area contributed by atoms with Gasteiger partial charge in [0.15, 0.2) is 5.60 Å². The molecule has 1 atom stereocenters. The average molecular weight is 324 g/mol. The highest BCUT2D eigenvalue weighted by Gasteiger charge is 2.57. The van der Waals surface area contributed by atoms with Crippen molar-refractivity contribution in [2.75, 3.05) is 20.2 Å². The number of rotatable bonds is 2. The van der Waals surface area contributed by atoms with Crippen LogP contribution in [0.2, 0.25) is 5.02 Å². The molecule has 21 heavy (non-hydrogen) atoms. The number of halogens is 4.